The molecule has 3 aromatic rings. The summed E-state index contributed by atoms with van der Waals surface area (Å²) < 4.78 is 2.01. The van der Waals surface area contributed by atoms with E-state index in [1.165, 1.54) is 31.5 Å². The molecule has 2 aromatic heterocycles. The Morgan fingerprint density at radius 1 is 0.889 bits per heavy atom. The monoisotopic (exact) mass is 356 g/mol. The van der Waals surface area contributed by atoms with Gasteiger partial charge in [-0.1, -0.05) is 30.4 Å². The maximum absolute atomic E-state index is 4.93. The number of pyridine rings is 1. The lowest BCUT2D eigenvalue weighted by Gasteiger charge is -2.18. The lowest BCUT2D eigenvalue weighted by atomic mass is 9.86. The molecule has 0 bridgehead atoms. The molecule has 0 radical (unpaired) electrons. The van der Waals surface area contributed by atoms with Gasteiger partial charge >= 0.3 is 0 Å². The van der Waals surface area contributed by atoms with Crippen molar-refractivity contribution in [1.82, 2.24) is 19.7 Å². The molecule has 5 rings (SSSR count). The number of allylic oxidation sites excluding steroid dienone is 2. The quantitative estimate of drug-likeness (QED) is 0.653. The minimum Gasteiger partial charge on any atom is -0.298 e. The van der Waals surface area contributed by atoms with Crippen molar-refractivity contribution in [1.29, 1.82) is 0 Å². The summed E-state index contributed by atoms with van der Waals surface area (Å²) in [5.41, 5.74) is 4.58. The topological polar surface area (TPSA) is 34.0 Å². The fourth-order valence-corrected chi connectivity index (χ4v) is 4.47. The van der Waals surface area contributed by atoms with Gasteiger partial charge < -0.3 is 0 Å². The summed E-state index contributed by atoms with van der Waals surface area (Å²) in [4.78, 5) is 6.78. The number of rotatable bonds is 4. The van der Waals surface area contributed by atoms with Crippen LogP contribution in [0.5, 0.6) is 0 Å². The van der Waals surface area contributed by atoms with Gasteiger partial charge in [0.25, 0.3) is 0 Å². The van der Waals surface area contributed by atoms with Crippen molar-refractivity contribution < 1.29 is 0 Å². The van der Waals surface area contributed by atoms with Crippen LogP contribution in [0, 0.1) is 11.8 Å². The Morgan fingerprint density at radius 3 is 2.30 bits per heavy atom. The van der Waals surface area contributed by atoms with Crippen LogP contribution in [0.25, 0.3) is 16.9 Å². The van der Waals surface area contributed by atoms with Gasteiger partial charge in [0, 0.05) is 49.4 Å². The van der Waals surface area contributed by atoms with Crippen molar-refractivity contribution in [3.63, 3.8) is 0 Å². The van der Waals surface area contributed by atoms with Crippen molar-refractivity contribution >= 4 is 0 Å². The van der Waals surface area contributed by atoms with Crippen LogP contribution in [0.1, 0.15) is 18.4 Å². The molecule has 0 spiro atoms. The normalized spacial score (nSPS) is 22.1. The maximum atomic E-state index is 4.93. The molecule has 1 fully saturated rings. The van der Waals surface area contributed by atoms with Crippen molar-refractivity contribution in [2.45, 2.75) is 19.4 Å². The molecule has 1 aliphatic heterocycles. The maximum Gasteiger partial charge on any atom is 0.0973 e. The molecule has 1 aromatic carbocycles. The molecule has 2 aliphatic rings. The van der Waals surface area contributed by atoms with Crippen LogP contribution < -0.4 is 0 Å². The molecule has 27 heavy (non-hydrogen) atoms. The van der Waals surface area contributed by atoms with Gasteiger partial charge in [-0.05, 0) is 48.9 Å². The van der Waals surface area contributed by atoms with E-state index in [1.807, 2.05) is 23.1 Å². The molecule has 0 N–H and O–H groups in total. The van der Waals surface area contributed by atoms with Gasteiger partial charge in [-0.2, -0.15) is 5.10 Å². The second-order valence-corrected chi connectivity index (χ2v) is 7.68. The molecule has 0 unspecified atom stereocenters. The van der Waals surface area contributed by atoms with Crippen molar-refractivity contribution in [2.75, 3.05) is 13.1 Å². The first-order chi connectivity index (χ1) is 13.4. The third-order valence-corrected chi connectivity index (χ3v) is 5.85. The average Bonchev–Trinajstić information content (AvgIpc) is 3.33. The zero-order chi connectivity index (χ0) is 18.1. The molecule has 2 atom stereocenters. The van der Waals surface area contributed by atoms with E-state index in [9.17, 15) is 0 Å². The van der Waals surface area contributed by atoms with Crippen molar-refractivity contribution in [2.24, 2.45) is 11.8 Å². The van der Waals surface area contributed by atoms with E-state index >= 15 is 0 Å². The first-order valence-corrected chi connectivity index (χ1v) is 9.78. The summed E-state index contributed by atoms with van der Waals surface area (Å²) in [7, 11) is 0. The van der Waals surface area contributed by atoms with Crippen molar-refractivity contribution in [3.8, 4) is 16.9 Å². The molecular weight excluding hydrogens is 332 g/mol. The molecule has 1 aliphatic carbocycles. The van der Waals surface area contributed by atoms with Gasteiger partial charge in [0.05, 0.1) is 11.4 Å². The lowest BCUT2D eigenvalue weighted by Crippen LogP contribution is -2.20. The number of benzene rings is 1. The van der Waals surface area contributed by atoms with Crippen LogP contribution in [-0.4, -0.2) is 32.8 Å². The van der Waals surface area contributed by atoms with E-state index in [0.717, 1.165) is 35.3 Å². The van der Waals surface area contributed by atoms with Gasteiger partial charge in [0.1, 0.15) is 0 Å². The fraction of sp³-hybridized carbons (Fsp3) is 0.304. The predicted octanol–water partition coefficient (Wildman–Crippen LogP) is 4.33. The second-order valence-electron chi connectivity index (χ2n) is 7.68. The Labute approximate surface area is 160 Å². The van der Waals surface area contributed by atoms with E-state index in [1.54, 1.807) is 0 Å². The largest absolute Gasteiger partial charge is 0.298 e. The van der Waals surface area contributed by atoms with Gasteiger partial charge in [-0.25, -0.2) is 4.68 Å². The Hall–Kier alpha value is -2.72. The van der Waals surface area contributed by atoms with E-state index < -0.39 is 0 Å². The lowest BCUT2D eigenvalue weighted by molar-refractivity contribution is 0.314. The molecule has 3 heterocycles. The van der Waals surface area contributed by atoms with Crippen LogP contribution in [-0.2, 0) is 6.54 Å². The number of aromatic nitrogens is 3. The smallest absolute Gasteiger partial charge is 0.0973 e. The Morgan fingerprint density at radius 2 is 1.59 bits per heavy atom. The van der Waals surface area contributed by atoms with Crippen LogP contribution in [0.3, 0.4) is 0 Å². The summed E-state index contributed by atoms with van der Waals surface area (Å²) in [6.45, 7) is 3.35. The molecule has 4 heteroatoms. The van der Waals surface area contributed by atoms with Crippen LogP contribution in [0.4, 0.5) is 0 Å². The number of nitrogens with zero attached hydrogens (tertiary/aromatic N) is 4. The van der Waals surface area contributed by atoms with E-state index in [2.05, 4.69) is 64.6 Å². The van der Waals surface area contributed by atoms with Crippen LogP contribution >= 0.6 is 0 Å². The molecule has 0 saturated carbocycles. The highest BCUT2D eigenvalue weighted by molar-refractivity contribution is 5.62. The third-order valence-electron chi connectivity index (χ3n) is 5.85. The van der Waals surface area contributed by atoms with E-state index in [0.29, 0.717) is 0 Å². The third kappa shape index (κ3) is 3.33. The molecule has 4 nitrogen and oxygen atoms in total. The first kappa shape index (κ1) is 16.5. The van der Waals surface area contributed by atoms with Crippen LogP contribution in [0.2, 0.25) is 0 Å². The number of hydrogen-bond donors (Lipinski definition) is 0. The average molecular weight is 356 g/mol. The minimum absolute atomic E-state index is 0.823. The summed E-state index contributed by atoms with van der Waals surface area (Å²) >= 11 is 0. The zero-order valence-electron chi connectivity index (χ0n) is 15.4. The zero-order valence-corrected chi connectivity index (χ0v) is 15.4. The highest BCUT2D eigenvalue weighted by Crippen LogP contribution is 2.34. The first-order valence-electron chi connectivity index (χ1n) is 9.78. The standard InChI is InChI=1S/C23H24N4/c1-2-8-22(9-3-1)27-17-21(23(25-27)18-10-12-24-13-11-18)16-26-14-19-6-4-5-7-20(19)15-26/h1-5,8-13,17,19-20H,6-7,14-16H2/t19-,20+. The SMILES string of the molecule is C1=CC[C@H]2CN(Cc3cn(-c4ccccc4)nc3-c3ccncc3)C[C@H]2C1. The molecule has 1 saturated heterocycles. The number of fused-ring (bicyclic) bond motifs is 1. The van der Waals surface area contributed by atoms with E-state index in [4.69, 9.17) is 5.10 Å². The van der Waals surface area contributed by atoms with Gasteiger partial charge in [-0.3, -0.25) is 9.88 Å². The molecule has 0 amide bonds. The summed E-state index contributed by atoms with van der Waals surface area (Å²) in [5, 5.41) is 4.93. The Bertz CT molecular complexity index is 914. The van der Waals surface area contributed by atoms with Crippen molar-refractivity contribution in [3.05, 3.63) is 78.8 Å². The molecule has 136 valence electrons. The van der Waals surface area contributed by atoms with Gasteiger partial charge in [-0.15, -0.1) is 0 Å². The predicted molar refractivity (Wildman–Crippen MR) is 107 cm³/mol. The second kappa shape index (κ2) is 7.12. The highest BCUT2D eigenvalue weighted by atomic mass is 15.3. The number of likely N-dealkylation sites (tertiary alicyclic amines) is 1. The summed E-state index contributed by atoms with van der Waals surface area (Å²) in [5.74, 6) is 1.65. The fourth-order valence-electron chi connectivity index (χ4n) is 4.47. The highest BCUT2D eigenvalue weighted by Gasteiger charge is 2.33. The van der Waals surface area contributed by atoms with Crippen LogP contribution in [0.15, 0.2) is 73.2 Å². The van der Waals surface area contributed by atoms with Gasteiger partial charge in [0.2, 0.25) is 0 Å². The number of para-hydroxylation sites is 1. The summed E-state index contributed by atoms with van der Waals surface area (Å²) in [6, 6.07) is 14.5. The van der Waals surface area contributed by atoms with Gasteiger partial charge in [0.15, 0.2) is 0 Å². The minimum atomic E-state index is 0.823. The Balaban J connectivity index is 1.46. The molecular formula is C23H24N4. The van der Waals surface area contributed by atoms with E-state index in [-0.39, 0.29) is 0 Å². The summed E-state index contributed by atoms with van der Waals surface area (Å²) in [6.07, 6.45) is 13.1. The Kier molecular flexibility index (Phi) is 4.34. The number of hydrogen-bond acceptors (Lipinski definition) is 3.